The van der Waals surface area contributed by atoms with E-state index in [1.165, 1.54) is 6.21 Å². The van der Waals surface area contributed by atoms with Crippen LogP contribution >= 0.6 is 11.6 Å². The minimum Gasteiger partial charge on any atom is -0.497 e. The SMILES string of the molecule is COc1ccc2nc(Cl)c(/C=N\NC(=O)CNc3ccccc3OC)cc2c1. The smallest absolute Gasteiger partial charge is 0.259 e. The number of rotatable bonds is 7. The maximum Gasteiger partial charge on any atom is 0.259 e. The number of nitrogens with zero attached hydrogens (tertiary/aromatic N) is 2. The van der Waals surface area contributed by atoms with Gasteiger partial charge in [-0.2, -0.15) is 5.10 Å². The van der Waals surface area contributed by atoms with E-state index in [0.717, 1.165) is 22.3 Å². The maximum atomic E-state index is 12.0. The van der Waals surface area contributed by atoms with Gasteiger partial charge in [0.25, 0.3) is 5.91 Å². The number of pyridine rings is 1. The lowest BCUT2D eigenvalue weighted by molar-refractivity contribution is -0.119. The number of anilines is 1. The molecule has 3 rings (SSSR count). The number of amides is 1. The standard InChI is InChI=1S/C20H19ClN4O3/c1-27-15-7-8-16-13(10-15)9-14(20(21)24-16)11-23-25-19(26)12-22-17-5-3-4-6-18(17)28-2/h3-11,22H,12H2,1-2H3,(H,25,26)/b23-11-. The number of nitrogens with one attached hydrogen (secondary N) is 2. The molecule has 0 aliphatic carbocycles. The van der Waals surface area contributed by atoms with Gasteiger partial charge in [0.2, 0.25) is 0 Å². The van der Waals surface area contributed by atoms with E-state index in [9.17, 15) is 4.79 Å². The van der Waals surface area contributed by atoms with Gasteiger partial charge in [-0.3, -0.25) is 4.79 Å². The molecule has 0 aliphatic rings. The summed E-state index contributed by atoms with van der Waals surface area (Å²) < 4.78 is 10.4. The Morgan fingerprint density at radius 2 is 2.00 bits per heavy atom. The zero-order valence-electron chi connectivity index (χ0n) is 15.4. The highest BCUT2D eigenvalue weighted by atomic mass is 35.5. The van der Waals surface area contributed by atoms with Crippen molar-refractivity contribution in [3.63, 3.8) is 0 Å². The number of benzene rings is 2. The number of carbonyl (C=O) groups is 1. The summed E-state index contributed by atoms with van der Waals surface area (Å²) in [6.45, 7) is 0.0403. The Labute approximate surface area is 167 Å². The summed E-state index contributed by atoms with van der Waals surface area (Å²) >= 11 is 6.19. The molecule has 1 heterocycles. The van der Waals surface area contributed by atoms with Crippen LogP contribution in [0.25, 0.3) is 10.9 Å². The molecule has 0 saturated heterocycles. The number of halogens is 1. The van der Waals surface area contributed by atoms with Gasteiger partial charge in [0.05, 0.1) is 38.2 Å². The second-order valence-electron chi connectivity index (χ2n) is 5.77. The summed E-state index contributed by atoms with van der Waals surface area (Å²) in [5.74, 6) is 1.06. The van der Waals surface area contributed by atoms with Crippen LogP contribution in [0.4, 0.5) is 5.69 Å². The predicted octanol–water partition coefficient (Wildman–Crippen LogP) is 3.47. The number of fused-ring (bicyclic) bond motifs is 1. The fraction of sp³-hybridized carbons (Fsp3) is 0.150. The van der Waals surface area contributed by atoms with Crippen LogP contribution in [0, 0.1) is 0 Å². The van der Waals surface area contributed by atoms with Crippen molar-refractivity contribution in [2.75, 3.05) is 26.1 Å². The van der Waals surface area contributed by atoms with Crippen LogP contribution in [0.3, 0.4) is 0 Å². The minimum atomic E-state index is -0.311. The normalized spacial score (nSPS) is 10.8. The van der Waals surface area contributed by atoms with Crippen molar-refractivity contribution in [1.29, 1.82) is 0 Å². The molecule has 2 N–H and O–H groups in total. The lowest BCUT2D eigenvalue weighted by Crippen LogP contribution is -2.26. The second kappa shape index (κ2) is 9.05. The average Bonchev–Trinajstić information content (AvgIpc) is 2.72. The molecule has 1 amide bonds. The molecular formula is C20H19ClN4O3. The van der Waals surface area contributed by atoms with E-state index in [1.807, 2.05) is 48.5 Å². The Kier molecular flexibility index (Phi) is 6.29. The Bertz CT molecular complexity index is 1020. The molecule has 0 saturated carbocycles. The minimum absolute atomic E-state index is 0.0403. The fourth-order valence-electron chi connectivity index (χ4n) is 2.54. The summed E-state index contributed by atoms with van der Waals surface area (Å²) in [4.78, 5) is 16.3. The van der Waals surface area contributed by atoms with Crippen LogP contribution in [-0.4, -0.2) is 37.9 Å². The Hall–Kier alpha value is -3.32. The molecular weight excluding hydrogens is 380 g/mol. The van der Waals surface area contributed by atoms with E-state index >= 15 is 0 Å². The molecule has 7 nitrogen and oxygen atoms in total. The summed E-state index contributed by atoms with van der Waals surface area (Å²) in [5, 5.41) is 8.10. The van der Waals surface area contributed by atoms with Crippen molar-refractivity contribution in [2.24, 2.45) is 5.10 Å². The number of hydrogen-bond acceptors (Lipinski definition) is 6. The highest BCUT2D eigenvalue weighted by Gasteiger charge is 2.06. The molecule has 0 fully saturated rings. The van der Waals surface area contributed by atoms with Crippen molar-refractivity contribution < 1.29 is 14.3 Å². The van der Waals surface area contributed by atoms with Gasteiger partial charge in [-0.25, -0.2) is 10.4 Å². The van der Waals surface area contributed by atoms with Crippen molar-refractivity contribution >= 4 is 40.3 Å². The third-order valence-corrected chi connectivity index (χ3v) is 4.24. The number of methoxy groups -OCH3 is 2. The molecule has 2 aromatic carbocycles. The molecule has 0 bridgehead atoms. The molecule has 144 valence electrons. The van der Waals surface area contributed by atoms with E-state index in [-0.39, 0.29) is 12.5 Å². The van der Waals surface area contributed by atoms with Crippen LogP contribution in [0.15, 0.2) is 53.6 Å². The highest BCUT2D eigenvalue weighted by molar-refractivity contribution is 6.32. The first kappa shape index (κ1) is 19.4. The van der Waals surface area contributed by atoms with E-state index < -0.39 is 0 Å². The molecule has 3 aromatic rings. The first-order valence-electron chi connectivity index (χ1n) is 8.44. The van der Waals surface area contributed by atoms with Crippen molar-refractivity contribution in [3.05, 3.63) is 59.2 Å². The van der Waals surface area contributed by atoms with E-state index in [2.05, 4.69) is 20.8 Å². The van der Waals surface area contributed by atoms with Crippen molar-refractivity contribution in [1.82, 2.24) is 10.4 Å². The Balaban J connectivity index is 1.63. The zero-order chi connectivity index (χ0) is 19.9. The van der Waals surface area contributed by atoms with Crippen LogP contribution < -0.4 is 20.2 Å². The Morgan fingerprint density at radius 1 is 1.18 bits per heavy atom. The number of ether oxygens (including phenoxy) is 2. The van der Waals surface area contributed by atoms with Crippen LogP contribution in [-0.2, 0) is 4.79 Å². The van der Waals surface area contributed by atoms with Crippen molar-refractivity contribution in [3.8, 4) is 11.5 Å². The molecule has 0 aliphatic heterocycles. The lowest BCUT2D eigenvalue weighted by Gasteiger charge is -2.09. The summed E-state index contributed by atoms with van der Waals surface area (Å²) in [5.41, 5.74) is 4.50. The van der Waals surface area contributed by atoms with Crippen molar-refractivity contribution in [2.45, 2.75) is 0 Å². The van der Waals surface area contributed by atoms with Gasteiger partial charge in [-0.05, 0) is 36.4 Å². The molecule has 0 unspecified atom stereocenters. The van der Waals surface area contributed by atoms with Gasteiger partial charge in [0.1, 0.15) is 16.7 Å². The molecule has 1 aromatic heterocycles. The first-order chi connectivity index (χ1) is 13.6. The largest absolute Gasteiger partial charge is 0.497 e. The number of aromatic nitrogens is 1. The highest BCUT2D eigenvalue weighted by Crippen LogP contribution is 2.24. The molecule has 0 spiro atoms. The van der Waals surface area contributed by atoms with Gasteiger partial charge < -0.3 is 14.8 Å². The van der Waals surface area contributed by atoms with Crippen LogP contribution in [0.1, 0.15) is 5.56 Å². The first-order valence-corrected chi connectivity index (χ1v) is 8.81. The van der Waals surface area contributed by atoms with Gasteiger partial charge in [-0.1, -0.05) is 23.7 Å². The lowest BCUT2D eigenvalue weighted by atomic mass is 10.1. The molecule has 0 radical (unpaired) electrons. The van der Waals surface area contributed by atoms with E-state index in [1.54, 1.807) is 14.2 Å². The summed E-state index contributed by atoms with van der Waals surface area (Å²) in [6.07, 6.45) is 1.45. The second-order valence-corrected chi connectivity index (χ2v) is 6.13. The van der Waals surface area contributed by atoms with Gasteiger partial charge in [0, 0.05) is 10.9 Å². The third-order valence-electron chi connectivity index (χ3n) is 3.94. The Morgan fingerprint density at radius 3 is 2.79 bits per heavy atom. The number of hydrogen-bond donors (Lipinski definition) is 2. The quantitative estimate of drug-likeness (QED) is 0.361. The van der Waals surface area contributed by atoms with Gasteiger partial charge >= 0.3 is 0 Å². The predicted molar refractivity (Wildman–Crippen MR) is 111 cm³/mol. The number of carbonyl (C=O) groups excluding carboxylic acids is 1. The monoisotopic (exact) mass is 398 g/mol. The zero-order valence-corrected chi connectivity index (χ0v) is 16.2. The van der Waals surface area contributed by atoms with E-state index in [4.69, 9.17) is 21.1 Å². The number of hydrazone groups is 1. The van der Waals surface area contributed by atoms with Gasteiger partial charge in [-0.15, -0.1) is 0 Å². The van der Waals surface area contributed by atoms with Crippen LogP contribution in [0.2, 0.25) is 5.15 Å². The molecule has 8 heteroatoms. The summed E-state index contributed by atoms with van der Waals surface area (Å²) in [7, 11) is 3.17. The number of para-hydroxylation sites is 2. The third kappa shape index (κ3) is 4.69. The maximum absolute atomic E-state index is 12.0. The topological polar surface area (TPSA) is 84.8 Å². The summed E-state index contributed by atoms with van der Waals surface area (Å²) in [6, 6.07) is 14.7. The van der Waals surface area contributed by atoms with Crippen LogP contribution in [0.5, 0.6) is 11.5 Å². The molecule has 0 atom stereocenters. The molecule has 28 heavy (non-hydrogen) atoms. The van der Waals surface area contributed by atoms with Gasteiger partial charge in [0.15, 0.2) is 0 Å². The fourth-order valence-corrected chi connectivity index (χ4v) is 2.74. The van der Waals surface area contributed by atoms with E-state index in [0.29, 0.717) is 16.5 Å². The average molecular weight is 399 g/mol.